The molecule has 3 aromatic carbocycles. The standard InChI is InChI=1S/C24H28OP/c1-20(24(2,3)25)19-26(21-13-7-4-8-14-21,22-15-9-5-10-16-22)23-17-11-6-12-18-23/h4-18,20,25H,19H2,1-3H3/q+1/t20-/m1/s1. The Kier molecular flexibility index (Phi) is 5.61. The number of hydrogen-bond acceptors (Lipinski definition) is 1. The zero-order valence-electron chi connectivity index (χ0n) is 15.8. The lowest BCUT2D eigenvalue weighted by atomic mass is 9.95. The van der Waals surface area contributed by atoms with Gasteiger partial charge in [-0.3, -0.25) is 0 Å². The van der Waals surface area contributed by atoms with Gasteiger partial charge < -0.3 is 5.11 Å². The van der Waals surface area contributed by atoms with Crippen LogP contribution >= 0.6 is 7.26 Å². The summed E-state index contributed by atoms with van der Waals surface area (Å²) in [6, 6.07) is 32.5. The largest absolute Gasteiger partial charge is 0.390 e. The van der Waals surface area contributed by atoms with Crippen LogP contribution in [0.1, 0.15) is 20.8 Å². The molecule has 0 bridgehead atoms. The molecule has 1 nitrogen and oxygen atoms in total. The molecule has 0 aliphatic heterocycles. The molecule has 26 heavy (non-hydrogen) atoms. The smallest absolute Gasteiger partial charge is 0.112 e. The fourth-order valence-electron chi connectivity index (χ4n) is 3.45. The van der Waals surface area contributed by atoms with E-state index in [9.17, 15) is 5.11 Å². The Hall–Kier alpha value is -1.95. The Labute approximate surface area is 158 Å². The Balaban J connectivity index is 2.28. The van der Waals surface area contributed by atoms with Gasteiger partial charge in [0.25, 0.3) is 0 Å². The Morgan fingerprint density at radius 3 is 1.27 bits per heavy atom. The van der Waals surface area contributed by atoms with Gasteiger partial charge >= 0.3 is 0 Å². The molecule has 2 heteroatoms. The van der Waals surface area contributed by atoms with Gasteiger partial charge in [0.2, 0.25) is 0 Å². The first kappa shape index (κ1) is 18.8. The van der Waals surface area contributed by atoms with Crippen LogP contribution in [0.5, 0.6) is 0 Å². The molecule has 1 N–H and O–H groups in total. The summed E-state index contributed by atoms with van der Waals surface area (Å²) in [5, 5.41) is 14.8. The molecule has 0 radical (unpaired) electrons. The van der Waals surface area contributed by atoms with Gasteiger partial charge in [0, 0.05) is 5.92 Å². The highest BCUT2D eigenvalue weighted by atomic mass is 31.2. The summed E-state index contributed by atoms with van der Waals surface area (Å²) in [6.45, 7) is 6.02. The van der Waals surface area contributed by atoms with Crippen molar-refractivity contribution in [2.24, 2.45) is 5.92 Å². The van der Waals surface area contributed by atoms with Crippen molar-refractivity contribution < 1.29 is 5.11 Å². The van der Waals surface area contributed by atoms with Gasteiger partial charge in [0.05, 0.1) is 11.8 Å². The van der Waals surface area contributed by atoms with Crippen LogP contribution in [0.3, 0.4) is 0 Å². The van der Waals surface area contributed by atoms with E-state index in [1.54, 1.807) is 0 Å². The minimum atomic E-state index is -1.87. The molecule has 0 spiro atoms. The van der Waals surface area contributed by atoms with E-state index in [-0.39, 0.29) is 5.92 Å². The third kappa shape index (κ3) is 3.75. The third-order valence-electron chi connectivity index (χ3n) is 5.34. The quantitative estimate of drug-likeness (QED) is 0.644. The van der Waals surface area contributed by atoms with E-state index in [1.807, 2.05) is 13.8 Å². The summed E-state index contributed by atoms with van der Waals surface area (Å²) in [5.41, 5.74) is -0.719. The summed E-state index contributed by atoms with van der Waals surface area (Å²) in [5.74, 6) is 0.163. The highest BCUT2D eigenvalue weighted by Crippen LogP contribution is 2.57. The first-order valence-electron chi connectivity index (χ1n) is 9.22. The summed E-state index contributed by atoms with van der Waals surface area (Å²) in [6.07, 6.45) is 0.939. The maximum Gasteiger partial charge on any atom is 0.112 e. The molecule has 3 rings (SSSR count). The van der Waals surface area contributed by atoms with Crippen LogP contribution in [-0.4, -0.2) is 16.9 Å². The zero-order chi connectivity index (χ0) is 18.6. The van der Waals surface area contributed by atoms with Crippen molar-refractivity contribution in [3.8, 4) is 0 Å². The number of hydrogen-bond donors (Lipinski definition) is 1. The lowest BCUT2D eigenvalue weighted by Crippen LogP contribution is -2.40. The van der Waals surface area contributed by atoms with E-state index in [0.29, 0.717) is 0 Å². The van der Waals surface area contributed by atoms with E-state index < -0.39 is 12.9 Å². The van der Waals surface area contributed by atoms with Gasteiger partial charge in [-0.1, -0.05) is 61.5 Å². The van der Waals surface area contributed by atoms with Crippen LogP contribution in [0.25, 0.3) is 0 Å². The van der Waals surface area contributed by atoms with Gasteiger partial charge in [0.1, 0.15) is 23.2 Å². The molecule has 0 aliphatic carbocycles. The second-order valence-electron chi connectivity index (χ2n) is 7.55. The van der Waals surface area contributed by atoms with Crippen molar-refractivity contribution in [3.63, 3.8) is 0 Å². The van der Waals surface area contributed by atoms with Crippen molar-refractivity contribution in [1.29, 1.82) is 0 Å². The molecule has 0 aromatic heterocycles. The molecule has 1 atom stereocenters. The van der Waals surface area contributed by atoms with Crippen LogP contribution in [0, 0.1) is 5.92 Å². The Morgan fingerprint density at radius 2 is 1.00 bits per heavy atom. The second-order valence-corrected chi connectivity index (χ2v) is 11.1. The summed E-state index contributed by atoms with van der Waals surface area (Å²) < 4.78 is 0. The van der Waals surface area contributed by atoms with Crippen LogP contribution in [0.4, 0.5) is 0 Å². The highest BCUT2D eigenvalue weighted by Gasteiger charge is 2.48. The summed E-state index contributed by atoms with van der Waals surface area (Å²) >= 11 is 0. The first-order chi connectivity index (χ1) is 12.4. The molecule has 0 aliphatic rings. The van der Waals surface area contributed by atoms with Gasteiger partial charge in [-0.05, 0) is 50.2 Å². The predicted molar refractivity (Wildman–Crippen MR) is 115 cm³/mol. The van der Waals surface area contributed by atoms with E-state index in [4.69, 9.17) is 0 Å². The maximum absolute atomic E-state index is 10.7. The van der Waals surface area contributed by atoms with Crippen LogP contribution in [0.2, 0.25) is 0 Å². The van der Waals surface area contributed by atoms with Gasteiger partial charge in [-0.2, -0.15) is 0 Å². The summed E-state index contributed by atoms with van der Waals surface area (Å²) in [7, 11) is -1.87. The molecule has 0 fully saturated rings. The Morgan fingerprint density at radius 1 is 0.692 bits per heavy atom. The summed E-state index contributed by atoms with van der Waals surface area (Å²) in [4.78, 5) is 0. The minimum absolute atomic E-state index is 0.163. The number of aliphatic hydroxyl groups is 1. The van der Waals surface area contributed by atoms with Crippen molar-refractivity contribution >= 4 is 23.2 Å². The van der Waals surface area contributed by atoms with E-state index in [1.165, 1.54) is 15.9 Å². The number of benzene rings is 3. The van der Waals surface area contributed by atoms with Crippen molar-refractivity contribution in [1.82, 2.24) is 0 Å². The molecule has 134 valence electrons. The van der Waals surface area contributed by atoms with E-state index in [0.717, 1.165) is 6.16 Å². The SMILES string of the molecule is C[C@H](C[P+](c1ccccc1)(c1ccccc1)c1ccccc1)C(C)(C)O. The average Bonchev–Trinajstić information content (AvgIpc) is 2.67. The molecule has 3 aromatic rings. The Bertz CT molecular complexity index is 710. The normalized spacial score (nSPS) is 13.4. The topological polar surface area (TPSA) is 20.2 Å². The van der Waals surface area contributed by atoms with Crippen LogP contribution in [-0.2, 0) is 0 Å². The molecule has 0 amide bonds. The molecule has 0 saturated heterocycles. The van der Waals surface area contributed by atoms with Gasteiger partial charge in [-0.15, -0.1) is 0 Å². The molecule has 0 saturated carbocycles. The van der Waals surface area contributed by atoms with E-state index >= 15 is 0 Å². The molecular formula is C24H28OP+. The molecular weight excluding hydrogens is 335 g/mol. The van der Waals surface area contributed by atoms with Crippen LogP contribution < -0.4 is 15.9 Å². The van der Waals surface area contributed by atoms with Crippen molar-refractivity contribution in [2.75, 3.05) is 6.16 Å². The first-order valence-corrected chi connectivity index (χ1v) is 11.2. The zero-order valence-corrected chi connectivity index (χ0v) is 16.7. The average molecular weight is 363 g/mol. The monoisotopic (exact) mass is 363 g/mol. The lowest BCUT2D eigenvalue weighted by molar-refractivity contribution is 0.0342. The maximum atomic E-state index is 10.7. The predicted octanol–water partition coefficient (Wildman–Crippen LogP) is 4.39. The molecule has 0 unspecified atom stereocenters. The van der Waals surface area contributed by atoms with Gasteiger partial charge in [-0.25, -0.2) is 0 Å². The fourth-order valence-corrected chi connectivity index (χ4v) is 8.28. The van der Waals surface area contributed by atoms with E-state index in [2.05, 4.69) is 97.9 Å². The molecule has 0 heterocycles. The van der Waals surface area contributed by atoms with Gasteiger partial charge in [0.15, 0.2) is 0 Å². The third-order valence-corrected chi connectivity index (χ3v) is 9.98. The number of rotatable bonds is 6. The highest BCUT2D eigenvalue weighted by molar-refractivity contribution is 7.95. The van der Waals surface area contributed by atoms with Crippen molar-refractivity contribution in [3.05, 3.63) is 91.0 Å². The van der Waals surface area contributed by atoms with Crippen molar-refractivity contribution in [2.45, 2.75) is 26.4 Å². The second kappa shape index (κ2) is 7.74. The lowest BCUT2D eigenvalue weighted by Gasteiger charge is -2.34. The minimum Gasteiger partial charge on any atom is -0.390 e. The fraction of sp³-hybridized carbons (Fsp3) is 0.250. The van der Waals surface area contributed by atoms with Crippen LogP contribution in [0.15, 0.2) is 91.0 Å².